The topological polar surface area (TPSA) is 72.1 Å². The Labute approximate surface area is 161 Å². The number of ether oxygens (including phenoxy) is 2. The Hall–Kier alpha value is -1.92. The average Bonchev–Trinajstić information content (AvgIpc) is 3.35. The minimum absolute atomic E-state index is 0.0730. The number of H-pyrrole nitrogens is 1. The highest BCUT2D eigenvalue weighted by molar-refractivity contribution is 5.23. The first-order valence-electron chi connectivity index (χ1n) is 10.1. The lowest BCUT2D eigenvalue weighted by atomic mass is 9.68. The van der Waals surface area contributed by atoms with Crippen LogP contribution in [0, 0.1) is 0 Å². The van der Waals surface area contributed by atoms with Crippen LogP contribution in [0.15, 0.2) is 30.6 Å². The number of nitrogens with one attached hydrogen (secondary N) is 2. The largest absolute Gasteiger partial charge is 0.481 e. The molecule has 2 aliphatic rings. The molecule has 1 unspecified atom stereocenters. The van der Waals surface area contributed by atoms with Gasteiger partial charge in [0.25, 0.3) is 0 Å². The van der Waals surface area contributed by atoms with Crippen molar-refractivity contribution >= 4 is 0 Å². The van der Waals surface area contributed by atoms with Crippen molar-refractivity contribution in [3.63, 3.8) is 0 Å². The molecule has 0 aromatic carbocycles. The van der Waals surface area contributed by atoms with Crippen molar-refractivity contribution in [2.45, 2.75) is 62.5 Å². The summed E-state index contributed by atoms with van der Waals surface area (Å²) in [6.45, 7) is 2.52. The van der Waals surface area contributed by atoms with E-state index in [9.17, 15) is 0 Å². The van der Waals surface area contributed by atoms with E-state index in [1.54, 1.807) is 7.11 Å². The van der Waals surface area contributed by atoms with Gasteiger partial charge in [-0.1, -0.05) is 18.9 Å². The molecule has 27 heavy (non-hydrogen) atoms. The van der Waals surface area contributed by atoms with E-state index in [1.165, 1.54) is 31.4 Å². The Balaban J connectivity index is 1.46. The average molecular weight is 370 g/mol. The van der Waals surface area contributed by atoms with Gasteiger partial charge in [0.05, 0.1) is 18.9 Å². The molecule has 0 bridgehead atoms. The van der Waals surface area contributed by atoms with Crippen LogP contribution >= 0.6 is 0 Å². The molecule has 3 heterocycles. The lowest BCUT2D eigenvalue weighted by molar-refractivity contribution is -0.104. The standard InChI is InChI=1S/C21H30N4O2/c1-26-19-17(15-24-25-19)14-22-12-9-20(18-6-2-5-11-23-18)10-13-27-21(16-20)7-3-4-8-21/h2,5-6,11,15,22H,3-4,7-10,12-14,16H2,1H3,(H,24,25). The van der Waals surface area contributed by atoms with Crippen molar-refractivity contribution in [1.29, 1.82) is 0 Å². The van der Waals surface area contributed by atoms with E-state index in [4.69, 9.17) is 14.5 Å². The maximum atomic E-state index is 6.32. The number of pyridine rings is 1. The van der Waals surface area contributed by atoms with Crippen LogP contribution in [0.25, 0.3) is 0 Å². The Kier molecular flexibility index (Phi) is 5.45. The smallest absolute Gasteiger partial charge is 0.213 e. The normalized spacial score (nSPS) is 24.3. The highest BCUT2D eigenvalue weighted by Crippen LogP contribution is 2.49. The van der Waals surface area contributed by atoms with Gasteiger partial charge in [0.1, 0.15) is 0 Å². The molecule has 2 aromatic rings. The fourth-order valence-corrected chi connectivity index (χ4v) is 4.95. The van der Waals surface area contributed by atoms with E-state index < -0.39 is 0 Å². The first-order valence-corrected chi connectivity index (χ1v) is 10.1. The van der Waals surface area contributed by atoms with Gasteiger partial charge in [-0.3, -0.25) is 4.98 Å². The molecule has 1 saturated heterocycles. The molecular formula is C21H30N4O2. The third-order valence-electron chi connectivity index (χ3n) is 6.35. The molecule has 2 N–H and O–H groups in total. The fourth-order valence-electron chi connectivity index (χ4n) is 4.95. The molecule has 1 aliphatic carbocycles. The van der Waals surface area contributed by atoms with Crippen molar-refractivity contribution < 1.29 is 9.47 Å². The van der Waals surface area contributed by atoms with Crippen molar-refractivity contribution in [3.8, 4) is 5.88 Å². The van der Waals surface area contributed by atoms with E-state index in [0.29, 0.717) is 0 Å². The van der Waals surface area contributed by atoms with Crippen LogP contribution in [0.4, 0.5) is 0 Å². The first kappa shape index (κ1) is 18.4. The number of hydrogen-bond donors (Lipinski definition) is 2. The summed E-state index contributed by atoms with van der Waals surface area (Å²) in [7, 11) is 1.66. The van der Waals surface area contributed by atoms with Crippen molar-refractivity contribution in [2.24, 2.45) is 0 Å². The molecule has 6 nitrogen and oxygen atoms in total. The van der Waals surface area contributed by atoms with Crippen LogP contribution in [0.1, 0.15) is 56.2 Å². The quantitative estimate of drug-likeness (QED) is 0.731. The van der Waals surface area contributed by atoms with E-state index in [1.807, 2.05) is 18.5 Å². The SMILES string of the molecule is COc1[nH]ncc1CNCCC1(c2ccccn2)CCOC2(CCCC2)C1. The lowest BCUT2D eigenvalue weighted by Crippen LogP contribution is -2.47. The van der Waals surface area contributed by atoms with Gasteiger partial charge in [-0.25, -0.2) is 5.10 Å². The molecule has 4 rings (SSSR count). The van der Waals surface area contributed by atoms with E-state index in [0.717, 1.165) is 50.4 Å². The third kappa shape index (κ3) is 3.87. The van der Waals surface area contributed by atoms with Gasteiger partial charge in [-0.05, 0) is 50.8 Å². The highest BCUT2D eigenvalue weighted by Gasteiger charge is 2.48. The third-order valence-corrected chi connectivity index (χ3v) is 6.35. The molecule has 0 amide bonds. The van der Waals surface area contributed by atoms with Crippen LogP contribution in [0.2, 0.25) is 0 Å². The Morgan fingerprint density at radius 2 is 2.15 bits per heavy atom. The summed E-state index contributed by atoms with van der Waals surface area (Å²) in [5.74, 6) is 0.734. The zero-order valence-electron chi connectivity index (χ0n) is 16.2. The number of aromatic nitrogens is 3. The highest BCUT2D eigenvalue weighted by atomic mass is 16.5. The van der Waals surface area contributed by atoms with E-state index >= 15 is 0 Å². The number of rotatable bonds is 7. The lowest BCUT2D eigenvalue weighted by Gasteiger charge is -2.46. The second-order valence-corrected chi connectivity index (χ2v) is 8.02. The monoisotopic (exact) mass is 370 g/mol. The zero-order valence-corrected chi connectivity index (χ0v) is 16.2. The first-order chi connectivity index (χ1) is 13.3. The van der Waals surface area contributed by atoms with E-state index in [-0.39, 0.29) is 11.0 Å². The summed E-state index contributed by atoms with van der Waals surface area (Å²) in [5, 5.41) is 10.5. The second kappa shape index (κ2) is 7.98. The molecule has 146 valence electrons. The van der Waals surface area contributed by atoms with Gasteiger partial charge in [-0.2, -0.15) is 5.10 Å². The van der Waals surface area contributed by atoms with Crippen molar-refractivity contribution in [3.05, 3.63) is 41.9 Å². The molecule has 1 saturated carbocycles. The van der Waals surface area contributed by atoms with Crippen molar-refractivity contribution in [2.75, 3.05) is 20.3 Å². The number of aromatic amines is 1. The predicted octanol–water partition coefficient (Wildman–Crippen LogP) is 3.35. The number of nitrogens with zero attached hydrogens (tertiary/aromatic N) is 2. The summed E-state index contributed by atoms with van der Waals surface area (Å²) in [4.78, 5) is 4.77. The van der Waals surface area contributed by atoms with E-state index in [2.05, 4.69) is 27.6 Å². The molecule has 2 fully saturated rings. The Morgan fingerprint density at radius 3 is 2.93 bits per heavy atom. The minimum atomic E-state index is 0.0730. The number of hydrogen-bond acceptors (Lipinski definition) is 5. The Morgan fingerprint density at radius 1 is 1.26 bits per heavy atom. The summed E-state index contributed by atoms with van der Waals surface area (Å²) < 4.78 is 11.6. The summed E-state index contributed by atoms with van der Waals surface area (Å²) >= 11 is 0. The molecule has 1 atom stereocenters. The Bertz CT molecular complexity index is 727. The summed E-state index contributed by atoms with van der Waals surface area (Å²) in [5.41, 5.74) is 2.45. The van der Waals surface area contributed by atoms with Crippen LogP contribution in [-0.4, -0.2) is 41.0 Å². The second-order valence-electron chi connectivity index (χ2n) is 8.02. The minimum Gasteiger partial charge on any atom is -0.481 e. The van der Waals surface area contributed by atoms with Crippen molar-refractivity contribution in [1.82, 2.24) is 20.5 Å². The summed E-state index contributed by atoms with van der Waals surface area (Å²) in [6, 6.07) is 6.32. The molecule has 0 radical (unpaired) electrons. The van der Waals surface area contributed by atoms with Gasteiger partial charge >= 0.3 is 0 Å². The summed E-state index contributed by atoms with van der Waals surface area (Å²) in [6.07, 6.45) is 11.9. The van der Waals surface area contributed by atoms with Gasteiger partial charge in [0.15, 0.2) is 0 Å². The van der Waals surface area contributed by atoms with Gasteiger partial charge in [-0.15, -0.1) is 0 Å². The molecule has 1 aliphatic heterocycles. The predicted molar refractivity (Wildman–Crippen MR) is 104 cm³/mol. The molecular weight excluding hydrogens is 340 g/mol. The van der Waals surface area contributed by atoms with Crippen LogP contribution in [0.5, 0.6) is 5.88 Å². The van der Waals surface area contributed by atoms with Crippen LogP contribution < -0.4 is 10.1 Å². The number of methoxy groups -OCH3 is 1. The molecule has 6 heteroatoms. The van der Waals surface area contributed by atoms with Crippen LogP contribution in [0.3, 0.4) is 0 Å². The maximum Gasteiger partial charge on any atom is 0.213 e. The van der Waals surface area contributed by atoms with Gasteiger partial charge in [0.2, 0.25) is 5.88 Å². The maximum absolute atomic E-state index is 6.32. The fraction of sp³-hybridized carbons (Fsp3) is 0.619. The van der Waals surface area contributed by atoms with Gasteiger partial charge in [0, 0.05) is 36.0 Å². The van der Waals surface area contributed by atoms with Gasteiger partial charge < -0.3 is 14.8 Å². The zero-order chi connectivity index (χ0) is 18.6. The molecule has 2 aromatic heterocycles. The van der Waals surface area contributed by atoms with Crippen LogP contribution in [-0.2, 0) is 16.7 Å². The molecule has 1 spiro atoms.